The van der Waals surface area contributed by atoms with Gasteiger partial charge in [0, 0.05) is 12.7 Å². The number of nitrogens with zero attached hydrogens (tertiary/aromatic N) is 2. The van der Waals surface area contributed by atoms with E-state index < -0.39 is 0 Å². The lowest BCUT2D eigenvalue weighted by Crippen LogP contribution is -2.15. The Hall–Kier alpha value is -0.650. The van der Waals surface area contributed by atoms with Crippen LogP contribution in [-0.2, 0) is 4.74 Å². The normalized spacial score (nSPS) is 14.7. The third kappa shape index (κ3) is 3.00. The Labute approximate surface area is 131 Å². The second-order valence-corrected chi connectivity index (χ2v) is 6.23. The van der Waals surface area contributed by atoms with Crippen molar-refractivity contribution in [1.82, 2.24) is 9.55 Å². The molecular formula is C14H17BrClFN2O. The van der Waals surface area contributed by atoms with Crippen molar-refractivity contribution in [2.75, 3.05) is 13.2 Å². The van der Waals surface area contributed by atoms with Crippen LogP contribution in [0.1, 0.15) is 38.0 Å². The molecule has 0 bridgehead atoms. The number of imidazole rings is 1. The zero-order chi connectivity index (χ0) is 14.9. The average molecular weight is 364 g/mol. The summed E-state index contributed by atoms with van der Waals surface area (Å²) in [5, 5.41) is -0.256. The van der Waals surface area contributed by atoms with Crippen molar-refractivity contribution in [2.24, 2.45) is 0 Å². The molecule has 0 aliphatic heterocycles. The first-order chi connectivity index (χ1) is 9.45. The molecule has 1 aromatic heterocycles. The van der Waals surface area contributed by atoms with E-state index >= 15 is 0 Å². The molecule has 0 amide bonds. The first kappa shape index (κ1) is 15.7. The number of alkyl halides is 1. The second-order valence-electron chi connectivity index (χ2n) is 4.72. The first-order valence-electron chi connectivity index (χ1n) is 6.54. The molecule has 0 fully saturated rings. The van der Waals surface area contributed by atoms with Crippen LogP contribution >= 0.6 is 27.5 Å². The number of halogens is 3. The number of hydrogen-bond donors (Lipinski definition) is 0. The maximum atomic E-state index is 13.6. The van der Waals surface area contributed by atoms with Crippen LogP contribution in [0.25, 0.3) is 11.0 Å². The Morgan fingerprint density at radius 2 is 2.15 bits per heavy atom. The van der Waals surface area contributed by atoms with Crippen molar-refractivity contribution in [3.05, 3.63) is 28.2 Å². The van der Waals surface area contributed by atoms with Gasteiger partial charge in [-0.3, -0.25) is 0 Å². The van der Waals surface area contributed by atoms with Crippen molar-refractivity contribution in [3.8, 4) is 0 Å². The van der Waals surface area contributed by atoms with Crippen LogP contribution in [0.4, 0.5) is 4.39 Å². The summed E-state index contributed by atoms with van der Waals surface area (Å²) < 4.78 is 21.6. The molecule has 110 valence electrons. The Balaban J connectivity index is 2.58. The number of fused-ring (bicyclic) bond motifs is 1. The maximum absolute atomic E-state index is 13.6. The summed E-state index contributed by atoms with van der Waals surface area (Å²) in [5.74, 6) is 0.403. The standard InChI is InChI=1S/C14H17BrClFN2O/c1-4-20-7-8(2)19-13-5-10(15)11(17)6-12(13)18-14(19)9(3)16/h5-6,8-9H,4,7H2,1-3H3. The van der Waals surface area contributed by atoms with E-state index in [4.69, 9.17) is 16.3 Å². The fraction of sp³-hybridized carbons (Fsp3) is 0.500. The largest absolute Gasteiger partial charge is 0.380 e. The molecule has 1 aromatic carbocycles. The van der Waals surface area contributed by atoms with Crippen molar-refractivity contribution < 1.29 is 9.13 Å². The Bertz CT molecular complexity index is 615. The number of ether oxygens (including phenoxy) is 1. The molecule has 2 rings (SSSR count). The van der Waals surface area contributed by atoms with Gasteiger partial charge in [-0.2, -0.15) is 0 Å². The van der Waals surface area contributed by atoms with E-state index in [2.05, 4.69) is 20.9 Å². The molecule has 3 nitrogen and oxygen atoms in total. The molecule has 0 spiro atoms. The minimum Gasteiger partial charge on any atom is -0.380 e. The van der Waals surface area contributed by atoms with E-state index in [1.807, 2.05) is 25.3 Å². The van der Waals surface area contributed by atoms with Crippen LogP contribution in [-0.4, -0.2) is 22.8 Å². The summed E-state index contributed by atoms with van der Waals surface area (Å²) in [4.78, 5) is 4.46. The molecule has 2 unspecified atom stereocenters. The molecule has 0 N–H and O–H groups in total. The molecule has 0 aliphatic rings. The highest BCUT2D eigenvalue weighted by Crippen LogP contribution is 2.31. The molecule has 0 saturated heterocycles. The molecule has 2 atom stereocenters. The molecule has 0 saturated carbocycles. The predicted octanol–water partition coefficient (Wildman–Crippen LogP) is 4.84. The summed E-state index contributed by atoms with van der Waals surface area (Å²) in [6, 6.07) is 3.24. The Morgan fingerprint density at radius 3 is 2.75 bits per heavy atom. The van der Waals surface area contributed by atoms with Crippen molar-refractivity contribution in [3.63, 3.8) is 0 Å². The lowest BCUT2D eigenvalue weighted by atomic mass is 10.2. The molecule has 0 radical (unpaired) electrons. The Kier molecular flexibility index (Phi) is 5.04. The molecule has 20 heavy (non-hydrogen) atoms. The minimum atomic E-state index is -0.326. The topological polar surface area (TPSA) is 27.1 Å². The van der Waals surface area contributed by atoms with Gasteiger partial charge in [-0.15, -0.1) is 11.6 Å². The van der Waals surface area contributed by atoms with E-state index in [1.54, 1.807) is 6.07 Å². The first-order valence-corrected chi connectivity index (χ1v) is 7.77. The van der Waals surface area contributed by atoms with Crippen LogP contribution in [0.2, 0.25) is 0 Å². The van der Waals surface area contributed by atoms with Crippen LogP contribution < -0.4 is 0 Å². The Morgan fingerprint density at radius 1 is 1.45 bits per heavy atom. The third-order valence-corrected chi connectivity index (χ3v) is 3.92. The summed E-state index contributed by atoms with van der Waals surface area (Å²) in [6.45, 7) is 7.07. The number of rotatable bonds is 5. The van der Waals surface area contributed by atoms with Crippen molar-refractivity contribution >= 4 is 38.6 Å². The van der Waals surface area contributed by atoms with Gasteiger partial charge in [0.2, 0.25) is 0 Å². The van der Waals surface area contributed by atoms with Gasteiger partial charge in [-0.1, -0.05) is 0 Å². The van der Waals surface area contributed by atoms with Crippen LogP contribution in [0.3, 0.4) is 0 Å². The van der Waals surface area contributed by atoms with Crippen molar-refractivity contribution in [2.45, 2.75) is 32.2 Å². The smallest absolute Gasteiger partial charge is 0.139 e. The van der Waals surface area contributed by atoms with Gasteiger partial charge in [0.15, 0.2) is 0 Å². The zero-order valence-electron chi connectivity index (χ0n) is 11.7. The monoisotopic (exact) mass is 362 g/mol. The van der Waals surface area contributed by atoms with Gasteiger partial charge in [0.05, 0.1) is 33.5 Å². The zero-order valence-corrected chi connectivity index (χ0v) is 14.0. The fourth-order valence-corrected chi connectivity index (χ4v) is 2.70. The highest BCUT2D eigenvalue weighted by molar-refractivity contribution is 9.10. The molecule has 0 aliphatic carbocycles. The maximum Gasteiger partial charge on any atom is 0.139 e. The number of benzene rings is 1. The van der Waals surface area contributed by atoms with E-state index in [9.17, 15) is 4.39 Å². The van der Waals surface area contributed by atoms with Gasteiger partial charge in [-0.25, -0.2) is 9.37 Å². The lowest BCUT2D eigenvalue weighted by Gasteiger charge is -2.18. The molecular weight excluding hydrogens is 347 g/mol. The highest BCUT2D eigenvalue weighted by atomic mass is 79.9. The number of hydrogen-bond acceptors (Lipinski definition) is 2. The van der Waals surface area contributed by atoms with Gasteiger partial charge in [0.1, 0.15) is 11.6 Å². The third-order valence-electron chi connectivity index (χ3n) is 3.12. The molecule has 6 heteroatoms. The van der Waals surface area contributed by atoms with Crippen molar-refractivity contribution in [1.29, 1.82) is 0 Å². The van der Waals surface area contributed by atoms with Crippen LogP contribution in [0, 0.1) is 5.82 Å². The summed E-state index contributed by atoms with van der Waals surface area (Å²) in [6.07, 6.45) is 0. The number of aromatic nitrogens is 2. The SMILES string of the molecule is CCOCC(C)n1c(C(C)Cl)nc2cc(F)c(Br)cc21. The highest BCUT2D eigenvalue weighted by Gasteiger charge is 2.20. The van der Waals surface area contributed by atoms with Gasteiger partial charge in [-0.05, 0) is 42.8 Å². The summed E-state index contributed by atoms with van der Waals surface area (Å²) >= 11 is 9.43. The average Bonchev–Trinajstić information content (AvgIpc) is 2.75. The predicted molar refractivity (Wildman–Crippen MR) is 82.9 cm³/mol. The van der Waals surface area contributed by atoms with Crippen LogP contribution in [0.5, 0.6) is 0 Å². The molecule has 2 aromatic rings. The van der Waals surface area contributed by atoms with Gasteiger partial charge < -0.3 is 9.30 Å². The van der Waals surface area contributed by atoms with Crippen LogP contribution in [0.15, 0.2) is 16.6 Å². The van der Waals surface area contributed by atoms with Gasteiger partial charge >= 0.3 is 0 Å². The minimum absolute atomic E-state index is 0.0773. The second kappa shape index (κ2) is 6.41. The quantitative estimate of drug-likeness (QED) is 0.711. The van der Waals surface area contributed by atoms with E-state index in [0.29, 0.717) is 23.2 Å². The lowest BCUT2D eigenvalue weighted by molar-refractivity contribution is 0.119. The fourth-order valence-electron chi connectivity index (χ4n) is 2.22. The van der Waals surface area contributed by atoms with E-state index in [0.717, 1.165) is 11.3 Å². The molecule has 1 heterocycles. The summed E-state index contributed by atoms with van der Waals surface area (Å²) in [5.41, 5.74) is 1.46. The van der Waals surface area contributed by atoms with E-state index in [1.165, 1.54) is 6.07 Å². The van der Waals surface area contributed by atoms with E-state index in [-0.39, 0.29) is 17.2 Å². The summed E-state index contributed by atoms with van der Waals surface area (Å²) in [7, 11) is 0. The van der Waals surface area contributed by atoms with Gasteiger partial charge in [0.25, 0.3) is 0 Å².